The first-order valence-corrected chi connectivity index (χ1v) is 8.39. The number of carbonyl (C=O) groups excluding carboxylic acids is 2. The summed E-state index contributed by atoms with van der Waals surface area (Å²) in [4.78, 5) is 39.1. The SMILES string of the molecule is CCOC(=O)/C=C/c1cccc(C(=O)c2c(CC)c(C)[nH]c(=O)c2N)c1. The lowest BCUT2D eigenvalue weighted by Crippen LogP contribution is -2.22. The van der Waals surface area contributed by atoms with Crippen LogP contribution in [0.4, 0.5) is 5.69 Å². The van der Waals surface area contributed by atoms with Crippen molar-refractivity contribution < 1.29 is 14.3 Å². The summed E-state index contributed by atoms with van der Waals surface area (Å²) in [7, 11) is 0. The standard InChI is InChI=1S/C20H22N2O4/c1-4-15-12(3)22-20(25)18(21)17(15)19(24)14-8-6-7-13(11-14)9-10-16(23)26-5-2/h6-11H,4-5,21H2,1-3H3,(H,22,25)/b10-9+. The van der Waals surface area contributed by atoms with Crippen LogP contribution in [0, 0.1) is 6.92 Å². The van der Waals surface area contributed by atoms with Crippen molar-refractivity contribution in [2.45, 2.75) is 27.2 Å². The van der Waals surface area contributed by atoms with Crippen molar-refractivity contribution in [2.24, 2.45) is 0 Å². The quantitative estimate of drug-likeness (QED) is 0.472. The van der Waals surface area contributed by atoms with Gasteiger partial charge < -0.3 is 15.5 Å². The number of carbonyl (C=O) groups is 2. The average Bonchev–Trinajstić information content (AvgIpc) is 2.62. The summed E-state index contributed by atoms with van der Waals surface area (Å²) in [5.74, 6) is -0.771. The Balaban J connectivity index is 2.45. The number of pyridine rings is 1. The maximum atomic E-state index is 13.0. The van der Waals surface area contributed by atoms with E-state index in [1.807, 2.05) is 6.92 Å². The van der Waals surface area contributed by atoms with E-state index < -0.39 is 11.5 Å². The van der Waals surface area contributed by atoms with Crippen molar-refractivity contribution in [3.63, 3.8) is 0 Å². The highest BCUT2D eigenvalue weighted by atomic mass is 16.5. The number of benzene rings is 1. The van der Waals surface area contributed by atoms with E-state index in [1.54, 1.807) is 44.2 Å². The number of nitrogens with two attached hydrogens (primary N) is 1. The van der Waals surface area contributed by atoms with E-state index in [9.17, 15) is 14.4 Å². The van der Waals surface area contributed by atoms with E-state index in [4.69, 9.17) is 10.5 Å². The van der Waals surface area contributed by atoms with Gasteiger partial charge in [-0.25, -0.2) is 4.79 Å². The van der Waals surface area contributed by atoms with Gasteiger partial charge in [0.1, 0.15) is 5.69 Å². The number of aromatic nitrogens is 1. The molecular formula is C20H22N2O4. The summed E-state index contributed by atoms with van der Waals surface area (Å²) in [6, 6.07) is 6.77. The topological polar surface area (TPSA) is 102 Å². The molecule has 0 radical (unpaired) electrons. The second kappa shape index (κ2) is 8.29. The van der Waals surface area contributed by atoms with E-state index in [1.165, 1.54) is 6.08 Å². The van der Waals surface area contributed by atoms with Crippen LogP contribution < -0.4 is 11.3 Å². The van der Waals surface area contributed by atoms with Crippen molar-refractivity contribution in [2.75, 3.05) is 12.3 Å². The zero-order valence-electron chi connectivity index (χ0n) is 15.1. The predicted octanol–water partition coefficient (Wildman–Crippen LogP) is 2.64. The Morgan fingerprint density at radius 3 is 2.65 bits per heavy atom. The van der Waals surface area contributed by atoms with Crippen LogP contribution in [0.3, 0.4) is 0 Å². The van der Waals surface area contributed by atoms with Gasteiger partial charge >= 0.3 is 5.97 Å². The number of nitrogen functional groups attached to an aromatic ring is 1. The van der Waals surface area contributed by atoms with Crippen LogP contribution in [-0.4, -0.2) is 23.3 Å². The number of hydrogen-bond acceptors (Lipinski definition) is 5. The number of ketones is 1. The number of rotatable bonds is 6. The Kier molecular flexibility index (Phi) is 6.11. The lowest BCUT2D eigenvalue weighted by Gasteiger charge is -2.13. The molecule has 0 fully saturated rings. The third-order valence-corrected chi connectivity index (χ3v) is 4.00. The van der Waals surface area contributed by atoms with Crippen molar-refractivity contribution in [1.82, 2.24) is 4.98 Å². The van der Waals surface area contributed by atoms with Gasteiger partial charge in [-0.2, -0.15) is 0 Å². The number of aromatic amines is 1. The van der Waals surface area contributed by atoms with Crippen molar-refractivity contribution in [3.05, 3.63) is 68.6 Å². The Bertz CT molecular complexity index is 926. The number of esters is 1. The van der Waals surface area contributed by atoms with E-state index in [0.29, 0.717) is 29.8 Å². The van der Waals surface area contributed by atoms with Crippen LogP contribution in [0.25, 0.3) is 6.08 Å². The molecule has 0 unspecified atom stereocenters. The van der Waals surface area contributed by atoms with Gasteiger partial charge in [-0.15, -0.1) is 0 Å². The molecule has 2 rings (SSSR count). The first kappa shape index (κ1) is 19.2. The number of hydrogen-bond donors (Lipinski definition) is 2. The highest BCUT2D eigenvalue weighted by molar-refractivity contribution is 6.13. The summed E-state index contributed by atoms with van der Waals surface area (Å²) < 4.78 is 4.84. The van der Waals surface area contributed by atoms with Crippen molar-refractivity contribution in [1.29, 1.82) is 0 Å². The number of anilines is 1. The lowest BCUT2D eigenvalue weighted by molar-refractivity contribution is -0.137. The highest BCUT2D eigenvalue weighted by Crippen LogP contribution is 2.21. The molecule has 0 spiro atoms. The molecule has 0 aliphatic rings. The smallest absolute Gasteiger partial charge is 0.330 e. The first-order valence-electron chi connectivity index (χ1n) is 8.39. The van der Waals surface area contributed by atoms with Gasteiger partial charge in [-0.3, -0.25) is 9.59 Å². The molecular weight excluding hydrogens is 332 g/mol. The minimum absolute atomic E-state index is 0.0788. The molecule has 0 amide bonds. The van der Waals surface area contributed by atoms with E-state index in [2.05, 4.69) is 4.98 Å². The maximum absolute atomic E-state index is 13.0. The predicted molar refractivity (Wildman–Crippen MR) is 101 cm³/mol. The maximum Gasteiger partial charge on any atom is 0.330 e. The normalized spacial score (nSPS) is 10.9. The Morgan fingerprint density at radius 2 is 2.00 bits per heavy atom. The molecule has 0 aliphatic carbocycles. The second-order valence-electron chi connectivity index (χ2n) is 5.74. The van der Waals surface area contributed by atoms with Crippen LogP contribution in [-0.2, 0) is 16.0 Å². The Labute approximate surface area is 151 Å². The van der Waals surface area contributed by atoms with Gasteiger partial charge in [-0.05, 0) is 43.5 Å². The van der Waals surface area contributed by atoms with Crippen LogP contribution in [0.5, 0.6) is 0 Å². The van der Waals surface area contributed by atoms with Gasteiger partial charge in [0.2, 0.25) is 0 Å². The van der Waals surface area contributed by atoms with Gasteiger partial charge in [0.15, 0.2) is 5.78 Å². The fourth-order valence-electron chi connectivity index (χ4n) is 2.76. The van der Waals surface area contributed by atoms with Crippen molar-refractivity contribution >= 4 is 23.5 Å². The van der Waals surface area contributed by atoms with Gasteiger partial charge in [0.05, 0.1) is 12.2 Å². The number of ether oxygens (including phenoxy) is 1. The molecule has 6 nitrogen and oxygen atoms in total. The summed E-state index contributed by atoms with van der Waals surface area (Å²) >= 11 is 0. The molecule has 0 atom stereocenters. The third kappa shape index (κ3) is 4.08. The van der Waals surface area contributed by atoms with Gasteiger partial charge in [-0.1, -0.05) is 25.1 Å². The summed E-state index contributed by atoms with van der Waals surface area (Å²) in [5, 5.41) is 0. The third-order valence-electron chi connectivity index (χ3n) is 4.00. The summed E-state index contributed by atoms with van der Waals surface area (Å²) in [6.07, 6.45) is 3.44. The zero-order chi connectivity index (χ0) is 19.3. The zero-order valence-corrected chi connectivity index (χ0v) is 15.1. The molecule has 6 heteroatoms. The van der Waals surface area contributed by atoms with Crippen LogP contribution in [0.2, 0.25) is 0 Å². The first-order chi connectivity index (χ1) is 12.4. The fourth-order valence-corrected chi connectivity index (χ4v) is 2.76. The lowest BCUT2D eigenvalue weighted by atomic mass is 9.94. The fraction of sp³-hybridized carbons (Fsp3) is 0.250. The minimum Gasteiger partial charge on any atom is -0.463 e. The van der Waals surface area contributed by atoms with Crippen LogP contribution in [0.15, 0.2) is 35.1 Å². The molecule has 0 aliphatic heterocycles. The molecule has 0 bridgehead atoms. The molecule has 0 saturated heterocycles. The van der Waals surface area contributed by atoms with E-state index in [0.717, 1.165) is 5.56 Å². The molecule has 1 aromatic heterocycles. The number of aryl methyl sites for hydroxylation is 1. The summed E-state index contributed by atoms with van der Waals surface area (Å²) in [6.45, 7) is 5.66. The molecule has 136 valence electrons. The van der Waals surface area contributed by atoms with Crippen molar-refractivity contribution in [3.8, 4) is 0 Å². The number of nitrogens with one attached hydrogen (secondary N) is 1. The largest absolute Gasteiger partial charge is 0.463 e. The highest BCUT2D eigenvalue weighted by Gasteiger charge is 2.20. The molecule has 2 aromatic rings. The Hall–Kier alpha value is -3.15. The molecule has 1 aromatic carbocycles. The van der Waals surface area contributed by atoms with Gasteiger partial charge in [0, 0.05) is 17.3 Å². The number of H-pyrrole nitrogens is 1. The van der Waals surface area contributed by atoms with E-state index >= 15 is 0 Å². The Morgan fingerprint density at radius 1 is 1.27 bits per heavy atom. The second-order valence-corrected chi connectivity index (χ2v) is 5.74. The molecule has 1 heterocycles. The van der Waals surface area contributed by atoms with Crippen LogP contribution in [0.1, 0.15) is 46.6 Å². The van der Waals surface area contributed by atoms with Crippen LogP contribution >= 0.6 is 0 Å². The van der Waals surface area contributed by atoms with E-state index in [-0.39, 0.29) is 17.0 Å². The molecule has 0 saturated carbocycles. The molecule has 26 heavy (non-hydrogen) atoms. The average molecular weight is 354 g/mol. The summed E-state index contributed by atoms with van der Waals surface area (Å²) in [5.41, 5.74) is 8.00. The van der Waals surface area contributed by atoms with Gasteiger partial charge in [0.25, 0.3) is 5.56 Å². The monoisotopic (exact) mass is 354 g/mol. The minimum atomic E-state index is -0.471. The molecule has 3 N–H and O–H groups in total.